The van der Waals surface area contributed by atoms with Gasteiger partial charge in [-0.2, -0.15) is 5.10 Å². The Balaban J connectivity index is 2.28. The minimum absolute atomic E-state index is 0.173. The van der Waals surface area contributed by atoms with Crippen LogP contribution < -0.4 is 5.32 Å². The molecule has 0 atom stereocenters. The van der Waals surface area contributed by atoms with Crippen LogP contribution in [-0.4, -0.2) is 40.8 Å². The summed E-state index contributed by atoms with van der Waals surface area (Å²) in [6.45, 7) is 2.75. The maximum atomic E-state index is 12.0. The fourth-order valence-corrected chi connectivity index (χ4v) is 1.62. The highest BCUT2D eigenvalue weighted by molar-refractivity contribution is 6.00. The summed E-state index contributed by atoms with van der Waals surface area (Å²) in [5, 5.41) is 6.99. The van der Waals surface area contributed by atoms with Gasteiger partial charge >= 0.3 is 0 Å². The molecule has 0 aliphatic heterocycles. The monoisotopic (exact) mass is 234 g/mol. The number of hydrogen-bond acceptors (Lipinski definition) is 4. The zero-order valence-corrected chi connectivity index (χ0v) is 9.80. The number of rotatable bonds is 4. The fourth-order valence-electron chi connectivity index (χ4n) is 1.62. The molecule has 0 saturated carbocycles. The van der Waals surface area contributed by atoms with Gasteiger partial charge in [-0.25, -0.2) is 9.50 Å². The van der Waals surface area contributed by atoms with E-state index in [0.717, 1.165) is 0 Å². The predicted molar refractivity (Wildman–Crippen MR) is 61.9 cm³/mol. The number of carbonyl (C=O) groups excluding carboxylic acids is 1. The summed E-state index contributed by atoms with van der Waals surface area (Å²) >= 11 is 0. The minimum Gasteiger partial charge on any atom is -0.383 e. The number of ether oxygens (including phenoxy) is 1. The highest BCUT2D eigenvalue weighted by Crippen LogP contribution is 2.12. The molecule has 0 aliphatic carbocycles. The first kappa shape index (κ1) is 11.5. The van der Waals surface area contributed by atoms with E-state index in [4.69, 9.17) is 4.74 Å². The quantitative estimate of drug-likeness (QED) is 0.778. The molecule has 6 heteroatoms. The molecule has 1 amide bonds. The molecule has 0 saturated heterocycles. The second-order valence-electron chi connectivity index (χ2n) is 3.60. The Kier molecular flexibility index (Phi) is 3.34. The number of aromatic nitrogens is 3. The lowest BCUT2D eigenvalue weighted by atomic mass is 10.2. The van der Waals surface area contributed by atoms with E-state index in [1.54, 1.807) is 37.0 Å². The molecule has 17 heavy (non-hydrogen) atoms. The van der Waals surface area contributed by atoms with Gasteiger partial charge in [0.2, 0.25) is 0 Å². The van der Waals surface area contributed by atoms with Gasteiger partial charge < -0.3 is 10.1 Å². The smallest absolute Gasteiger partial charge is 0.257 e. The number of aryl methyl sites for hydroxylation is 1. The van der Waals surface area contributed by atoms with Crippen molar-refractivity contribution >= 4 is 11.6 Å². The number of amides is 1. The molecule has 2 aromatic rings. The van der Waals surface area contributed by atoms with Crippen molar-refractivity contribution in [3.05, 3.63) is 29.7 Å². The summed E-state index contributed by atoms with van der Waals surface area (Å²) in [6.07, 6.45) is 3.41. The summed E-state index contributed by atoms with van der Waals surface area (Å²) in [7, 11) is 1.59. The number of fused-ring (bicyclic) bond motifs is 1. The zero-order chi connectivity index (χ0) is 12.3. The van der Waals surface area contributed by atoms with Gasteiger partial charge in [0.05, 0.1) is 12.3 Å². The first-order valence-corrected chi connectivity index (χ1v) is 5.31. The fraction of sp³-hybridized carbons (Fsp3) is 0.364. The van der Waals surface area contributed by atoms with Crippen LogP contribution in [-0.2, 0) is 4.74 Å². The molecule has 0 fully saturated rings. The Morgan fingerprint density at radius 1 is 1.59 bits per heavy atom. The Labute approximate surface area is 98.6 Å². The summed E-state index contributed by atoms with van der Waals surface area (Å²) in [6, 6.07) is 1.77. The summed E-state index contributed by atoms with van der Waals surface area (Å²) < 4.78 is 6.47. The Morgan fingerprint density at radius 3 is 3.18 bits per heavy atom. The molecular weight excluding hydrogens is 220 g/mol. The van der Waals surface area contributed by atoms with Gasteiger partial charge in [0, 0.05) is 26.0 Å². The van der Waals surface area contributed by atoms with Crippen LogP contribution in [0.25, 0.3) is 5.65 Å². The van der Waals surface area contributed by atoms with Crippen LogP contribution in [0.5, 0.6) is 0 Å². The first-order valence-electron chi connectivity index (χ1n) is 5.31. The number of nitrogens with zero attached hydrogens (tertiary/aromatic N) is 3. The number of methoxy groups -OCH3 is 1. The molecule has 0 unspecified atom stereocenters. The molecule has 90 valence electrons. The van der Waals surface area contributed by atoms with Crippen molar-refractivity contribution in [2.75, 3.05) is 20.3 Å². The Hall–Kier alpha value is -1.95. The lowest BCUT2D eigenvalue weighted by Crippen LogP contribution is -2.27. The summed E-state index contributed by atoms with van der Waals surface area (Å²) in [4.78, 5) is 16.1. The molecule has 1 N–H and O–H groups in total. The normalized spacial score (nSPS) is 10.7. The number of hydrogen-bond donors (Lipinski definition) is 1. The summed E-state index contributed by atoms with van der Waals surface area (Å²) in [5.41, 5.74) is 1.75. The average molecular weight is 234 g/mol. The zero-order valence-electron chi connectivity index (χ0n) is 9.80. The first-order chi connectivity index (χ1) is 8.24. The van der Waals surface area contributed by atoms with E-state index in [-0.39, 0.29) is 5.91 Å². The average Bonchev–Trinajstić information content (AvgIpc) is 2.65. The SMILES string of the molecule is COCCNC(=O)c1c(C)nn2cccnc12. The Bertz CT molecular complexity index is 535. The molecular formula is C11H14N4O2. The highest BCUT2D eigenvalue weighted by Gasteiger charge is 2.17. The van der Waals surface area contributed by atoms with Crippen LogP contribution in [0.4, 0.5) is 0 Å². The van der Waals surface area contributed by atoms with Crippen LogP contribution in [0.1, 0.15) is 16.1 Å². The molecule has 0 aromatic carbocycles. The second kappa shape index (κ2) is 4.92. The standard InChI is InChI=1S/C11H14N4O2/c1-8-9(11(16)13-5-7-17-2)10-12-4-3-6-15(10)14-8/h3-4,6H,5,7H2,1-2H3,(H,13,16). The highest BCUT2D eigenvalue weighted by atomic mass is 16.5. The van der Waals surface area contributed by atoms with Gasteiger partial charge in [-0.1, -0.05) is 0 Å². The number of nitrogens with one attached hydrogen (secondary N) is 1. The molecule has 2 heterocycles. The second-order valence-corrected chi connectivity index (χ2v) is 3.60. The third-order valence-corrected chi connectivity index (χ3v) is 2.39. The predicted octanol–water partition coefficient (Wildman–Crippen LogP) is 0.414. The van der Waals surface area contributed by atoms with Gasteiger partial charge in [0.1, 0.15) is 5.56 Å². The van der Waals surface area contributed by atoms with E-state index in [2.05, 4.69) is 15.4 Å². The van der Waals surface area contributed by atoms with Crippen molar-refractivity contribution in [3.63, 3.8) is 0 Å². The maximum absolute atomic E-state index is 12.0. The van der Waals surface area contributed by atoms with Gasteiger partial charge in [0.25, 0.3) is 5.91 Å². The third kappa shape index (κ3) is 2.26. The van der Waals surface area contributed by atoms with Crippen molar-refractivity contribution in [1.82, 2.24) is 19.9 Å². The van der Waals surface area contributed by atoms with Crippen molar-refractivity contribution in [3.8, 4) is 0 Å². The van der Waals surface area contributed by atoms with Crippen LogP contribution in [0.15, 0.2) is 18.5 Å². The van der Waals surface area contributed by atoms with E-state index < -0.39 is 0 Å². The van der Waals surface area contributed by atoms with Gasteiger partial charge in [-0.05, 0) is 13.0 Å². The molecule has 0 radical (unpaired) electrons. The molecule has 6 nitrogen and oxygen atoms in total. The molecule has 2 rings (SSSR count). The van der Waals surface area contributed by atoms with Crippen LogP contribution in [0.3, 0.4) is 0 Å². The molecule has 2 aromatic heterocycles. The van der Waals surface area contributed by atoms with Crippen molar-refractivity contribution in [2.45, 2.75) is 6.92 Å². The van der Waals surface area contributed by atoms with E-state index in [0.29, 0.717) is 30.1 Å². The topological polar surface area (TPSA) is 68.5 Å². The van der Waals surface area contributed by atoms with Crippen LogP contribution in [0, 0.1) is 6.92 Å². The van der Waals surface area contributed by atoms with Gasteiger partial charge in [-0.3, -0.25) is 4.79 Å². The molecule has 0 spiro atoms. The van der Waals surface area contributed by atoms with E-state index in [1.807, 2.05) is 0 Å². The van der Waals surface area contributed by atoms with Crippen LogP contribution >= 0.6 is 0 Å². The lowest BCUT2D eigenvalue weighted by Gasteiger charge is -2.03. The Morgan fingerprint density at radius 2 is 2.41 bits per heavy atom. The van der Waals surface area contributed by atoms with Crippen molar-refractivity contribution in [2.24, 2.45) is 0 Å². The van der Waals surface area contributed by atoms with Crippen molar-refractivity contribution in [1.29, 1.82) is 0 Å². The van der Waals surface area contributed by atoms with E-state index in [1.165, 1.54) is 0 Å². The van der Waals surface area contributed by atoms with E-state index in [9.17, 15) is 4.79 Å². The largest absolute Gasteiger partial charge is 0.383 e. The van der Waals surface area contributed by atoms with E-state index >= 15 is 0 Å². The summed E-state index contributed by atoms with van der Waals surface area (Å²) in [5.74, 6) is -0.173. The molecule has 0 bridgehead atoms. The third-order valence-electron chi connectivity index (χ3n) is 2.39. The van der Waals surface area contributed by atoms with Gasteiger partial charge in [-0.15, -0.1) is 0 Å². The van der Waals surface area contributed by atoms with Gasteiger partial charge in [0.15, 0.2) is 5.65 Å². The lowest BCUT2D eigenvalue weighted by molar-refractivity contribution is 0.0938. The van der Waals surface area contributed by atoms with Crippen LogP contribution in [0.2, 0.25) is 0 Å². The molecule has 0 aliphatic rings. The van der Waals surface area contributed by atoms with Crippen molar-refractivity contribution < 1.29 is 9.53 Å². The maximum Gasteiger partial charge on any atom is 0.257 e. The number of carbonyl (C=O) groups is 1. The minimum atomic E-state index is -0.173.